The first-order chi connectivity index (χ1) is 7.83. The zero-order chi connectivity index (χ0) is 11.4. The van der Waals surface area contributed by atoms with Crippen molar-refractivity contribution in [3.63, 3.8) is 0 Å². The standard InChI is InChI=1S/C13H20N2O/c14-8-11-3-5-13(6-4-11)15-7-1-2-12(9-15)10-16/h3-6,12,16H,1-2,7-10,14H2. The molecule has 0 aromatic heterocycles. The molecular weight excluding hydrogens is 200 g/mol. The first-order valence-electron chi connectivity index (χ1n) is 5.98. The van der Waals surface area contributed by atoms with Crippen molar-refractivity contribution in [3.05, 3.63) is 29.8 Å². The number of aliphatic hydroxyl groups excluding tert-OH is 1. The summed E-state index contributed by atoms with van der Waals surface area (Å²) in [5.74, 6) is 0.433. The lowest BCUT2D eigenvalue weighted by Gasteiger charge is -2.33. The van der Waals surface area contributed by atoms with Crippen LogP contribution in [0.4, 0.5) is 5.69 Å². The molecule has 1 heterocycles. The quantitative estimate of drug-likeness (QED) is 0.808. The second kappa shape index (κ2) is 5.32. The average Bonchev–Trinajstić information content (AvgIpc) is 2.39. The third-order valence-corrected chi connectivity index (χ3v) is 3.31. The van der Waals surface area contributed by atoms with Gasteiger partial charge in [-0.05, 0) is 36.5 Å². The molecule has 1 unspecified atom stereocenters. The van der Waals surface area contributed by atoms with E-state index in [1.165, 1.54) is 17.7 Å². The van der Waals surface area contributed by atoms with Crippen molar-refractivity contribution in [1.29, 1.82) is 0 Å². The Hall–Kier alpha value is -1.06. The Morgan fingerprint density at radius 3 is 2.69 bits per heavy atom. The molecule has 0 saturated carbocycles. The van der Waals surface area contributed by atoms with Crippen molar-refractivity contribution in [3.8, 4) is 0 Å². The molecule has 1 aliphatic rings. The second-order valence-corrected chi connectivity index (χ2v) is 4.51. The second-order valence-electron chi connectivity index (χ2n) is 4.51. The van der Waals surface area contributed by atoms with Crippen LogP contribution in [-0.2, 0) is 6.54 Å². The van der Waals surface area contributed by atoms with Crippen molar-refractivity contribution in [2.45, 2.75) is 19.4 Å². The topological polar surface area (TPSA) is 49.5 Å². The predicted octanol–water partition coefficient (Wildman–Crippen LogP) is 1.35. The monoisotopic (exact) mass is 220 g/mol. The summed E-state index contributed by atoms with van der Waals surface area (Å²) in [6.45, 7) is 2.97. The predicted molar refractivity (Wildman–Crippen MR) is 66.4 cm³/mol. The van der Waals surface area contributed by atoms with Gasteiger partial charge in [-0.2, -0.15) is 0 Å². The highest BCUT2D eigenvalue weighted by molar-refractivity contribution is 5.48. The highest BCUT2D eigenvalue weighted by atomic mass is 16.3. The molecule has 1 fully saturated rings. The zero-order valence-electron chi connectivity index (χ0n) is 9.60. The third kappa shape index (κ3) is 2.54. The van der Waals surface area contributed by atoms with Crippen LogP contribution in [0.15, 0.2) is 24.3 Å². The van der Waals surface area contributed by atoms with Gasteiger partial charge < -0.3 is 15.7 Å². The molecule has 1 saturated heterocycles. The van der Waals surface area contributed by atoms with Crippen LogP contribution >= 0.6 is 0 Å². The summed E-state index contributed by atoms with van der Waals surface area (Å²) >= 11 is 0. The summed E-state index contributed by atoms with van der Waals surface area (Å²) in [7, 11) is 0. The van der Waals surface area contributed by atoms with Crippen LogP contribution in [0.25, 0.3) is 0 Å². The van der Waals surface area contributed by atoms with E-state index in [1.807, 2.05) is 0 Å². The molecular formula is C13H20N2O. The Morgan fingerprint density at radius 2 is 2.06 bits per heavy atom. The van der Waals surface area contributed by atoms with Gasteiger partial charge in [0.05, 0.1) is 0 Å². The summed E-state index contributed by atoms with van der Waals surface area (Å²) in [6, 6.07) is 8.42. The zero-order valence-corrected chi connectivity index (χ0v) is 9.60. The minimum Gasteiger partial charge on any atom is -0.396 e. The number of aliphatic hydroxyl groups is 1. The number of hydrogen-bond donors (Lipinski definition) is 2. The van der Waals surface area contributed by atoms with E-state index >= 15 is 0 Å². The number of piperidine rings is 1. The molecule has 1 aromatic carbocycles. The summed E-state index contributed by atoms with van der Waals surface area (Å²) in [4.78, 5) is 2.35. The van der Waals surface area contributed by atoms with Crippen LogP contribution in [0.3, 0.4) is 0 Å². The molecule has 0 radical (unpaired) electrons. The lowest BCUT2D eigenvalue weighted by molar-refractivity contribution is 0.209. The maximum absolute atomic E-state index is 9.19. The van der Waals surface area contributed by atoms with Gasteiger partial charge in [0.25, 0.3) is 0 Å². The van der Waals surface area contributed by atoms with Gasteiger partial charge in [0.2, 0.25) is 0 Å². The fraction of sp³-hybridized carbons (Fsp3) is 0.538. The fourth-order valence-corrected chi connectivity index (χ4v) is 2.29. The lowest BCUT2D eigenvalue weighted by Crippen LogP contribution is -2.36. The van der Waals surface area contributed by atoms with E-state index in [-0.39, 0.29) is 0 Å². The van der Waals surface area contributed by atoms with Crippen LogP contribution < -0.4 is 10.6 Å². The maximum Gasteiger partial charge on any atom is 0.0476 e. The van der Waals surface area contributed by atoms with Crippen molar-refractivity contribution in [2.75, 3.05) is 24.6 Å². The van der Waals surface area contributed by atoms with Gasteiger partial charge in [-0.25, -0.2) is 0 Å². The number of rotatable bonds is 3. The van der Waals surface area contributed by atoms with E-state index < -0.39 is 0 Å². The Balaban J connectivity index is 2.05. The van der Waals surface area contributed by atoms with Gasteiger partial charge in [0.1, 0.15) is 0 Å². The van der Waals surface area contributed by atoms with Crippen LogP contribution in [-0.4, -0.2) is 24.8 Å². The lowest BCUT2D eigenvalue weighted by atomic mass is 9.98. The fourth-order valence-electron chi connectivity index (χ4n) is 2.29. The SMILES string of the molecule is NCc1ccc(N2CCCC(CO)C2)cc1. The van der Waals surface area contributed by atoms with Gasteiger partial charge in [-0.3, -0.25) is 0 Å². The Labute approximate surface area is 96.9 Å². The largest absolute Gasteiger partial charge is 0.396 e. The summed E-state index contributed by atoms with van der Waals surface area (Å²) in [5, 5.41) is 9.19. The Kier molecular flexibility index (Phi) is 3.80. The molecule has 3 heteroatoms. The molecule has 1 atom stereocenters. The number of nitrogens with zero attached hydrogens (tertiary/aromatic N) is 1. The molecule has 0 aliphatic carbocycles. The van der Waals surface area contributed by atoms with Crippen LogP contribution in [0, 0.1) is 5.92 Å². The van der Waals surface area contributed by atoms with Crippen molar-refractivity contribution >= 4 is 5.69 Å². The van der Waals surface area contributed by atoms with E-state index in [2.05, 4.69) is 29.2 Å². The molecule has 88 valence electrons. The summed E-state index contributed by atoms with van der Waals surface area (Å²) in [5.41, 5.74) is 7.99. The first kappa shape index (κ1) is 11.4. The van der Waals surface area contributed by atoms with E-state index in [0.29, 0.717) is 19.1 Å². The normalized spacial score (nSPS) is 21.1. The molecule has 16 heavy (non-hydrogen) atoms. The number of hydrogen-bond acceptors (Lipinski definition) is 3. The molecule has 1 aromatic rings. The molecule has 0 spiro atoms. The van der Waals surface area contributed by atoms with Gasteiger partial charge in [0.15, 0.2) is 0 Å². The van der Waals surface area contributed by atoms with Crippen LogP contribution in [0.5, 0.6) is 0 Å². The molecule has 3 nitrogen and oxygen atoms in total. The Morgan fingerprint density at radius 1 is 1.31 bits per heavy atom. The molecule has 0 amide bonds. The third-order valence-electron chi connectivity index (χ3n) is 3.31. The van der Waals surface area contributed by atoms with E-state index in [9.17, 15) is 5.11 Å². The minimum absolute atomic E-state index is 0.303. The van der Waals surface area contributed by atoms with Crippen molar-refractivity contribution in [1.82, 2.24) is 0 Å². The number of benzene rings is 1. The molecule has 1 aliphatic heterocycles. The van der Waals surface area contributed by atoms with E-state index in [4.69, 9.17) is 5.73 Å². The van der Waals surface area contributed by atoms with Gasteiger partial charge >= 0.3 is 0 Å². The minimum atomic E-state index is 0.303. The number of anilines is 1. The Bertz CT molecular complexity index is 323. The highest BCUT2D eigenvalue weighted by Gasteiger charge is 2.19. The first-order valence-corrected chi connectivity index (χ1v) is 5.98. The number of nitrogens with two attached hydrogens (primary N) is 1. The average molecular weight is 220 g/mol. The summed E-state index contributed by atoms with van der Waals surface area (Å²) < 4.78 is 0. The smallest absolute Gasteiger partial charge is 0.0476 e. The van der Waals surface area contributed by atoms with Crippen LogP contribution in [0.2, 0.25) is 0 Å². The van der Waals surface area contributed by atoms with Gasteiger partial charge in [-0.15, -0.1) is 0 Å². The van der Waals surface area contributed by atoms with E-state index in [1.54, 1.807) is 0 Å². The molecule has 2 rings (SSSR count). The maximum atomic E-state index is 9.19. The molecule has 3 N–H and O–H groups in total. The van der Waals surface area contributed by atoms with E-state index in [0.717, 1.165) is 19.5 Å². The van der Waals surface area contributed by atoms with Crippen molar-refractivity contribution in [2.24, 2.45) is 11.7 Å². The highest BCUT2D eigenvalue weighted by Crippen LogP contribution is 2.23. The summed E-state index contributed by atoms with van der Waals surface area (Å²) in [6.07, 6.45) is 2.32. The van der Waals surface area contributed by atoms with Gasteiger partial charge in [0, 0.05) is 31.9 Å². The van der Waals surface area contributed by atoms with Crippen LogP contribution in [0.1, 0.15) is 18.4 Å². The molecule has 0 bridgehead atoms. The van der Waals surface area contributed by atoms with Crippen molar-refractivity contribution < 1.29 is 5.11 Å². The van der Waals surface area contributed by atoms with Gasteiger partial charge in [-0.1, -0.05) is 12.1 Å².